The van der Waals surface area contributed by atoms with Crippen molar-refractivity contribution in [2.45, 2.75) is 6.10 Å². The number of nitrogens with zero attached hydrogens (tertiary/aromatic N) is 2. The molecule has 1 saturated heterocycles. The number of rotatable bonds is 6. The first kappa shape index (κ1) is 9.21. The lowest BCUT2D eigenvalue weighted by Crippen LogP contribution is -2.29. The number of epoxide rings is 1. The Morgan fingerprint density at radius 2 is 2.50 bits per heavy atom. The molecule has 0 radical (unpaired) electrons. The normalized spacial score (nSPS) is 20.6. The Kier molecular flexibility index (Phi) is 3.24. The number of hydrazine groups is 1. The van der Waals surface area contributed by atoms with E-state index in [1.807, 2.05) is 0 Å². The van der Waals surface area contributed by atoms with Crippen LogP contribution in [0.3, 0.4) is 0 Å². The minimum Gasteiger partial charge on any atom is -0.377 e. The number of likely N-dealkylation sites (N-methyl/N-ethyl adjacent to an activating group) is 1. The fraction of sp³-hybridized carbons (Fsp3) is 1.00. The van der Waals surface area contributed by atoms with Gasteiger partial charge >= 0.3 is 0 Å². The molecular formula is C6H12N2O4. The Labute approximate surface area is 70.2 Å². The van der Waals surface area contributed by atoms with Crippen molar-refractivity contribution in [3.05, 3.63) is 10.1 Å². The van der Waals surface area contributed by atoms with E-state index in [1.165, 1.54) is 7.05 Å². The van der Waals surface area contributed by atoms with E-state index in [2.05, 4.69) is 0 Å². The molecular weight excluding hydrogens is 164 g/mol. The van der Waals surface area contributed by atoms with E-state index in [-0.39, 0.29) is 6.10 Å². The first-order valence-corrected chi connectivity index (χ1v) is 3.75. The van der Waals surface area contributed by atoms with Gasteiger partial charge in [0.25, 0.3) is 0 Å². The Hall–Kier alpha value is -0.880. The Morgan fingerprint density at radius 1 is 1.83 bits per heavy atom. The largest absolute Gasteiger partial charge is 0.377 e. The molecule has 6 nitrogen and oxygen atoms in total. The van der Waals surface area contributed by atoms with E-state index in [4.69, 9.17) is 9.47 Å². The van der Waals surface area contributed by atoms with Crippen LogP contribution in [-0.4, -0.2) is 49.6 Å². The highest BCUT2D eigenvalue weighted by Crippen LogP contribution is 2.07. The molecule has 0 aliphatic carbocycles. The highest BCUT2D eigenvalue weighted by molar-refractivity contribution is 4.66. The van der Waals surface area contributed by atoms with E-state index in [1.54, 1.807) is 0 Å². The lowest BCUT2D eigenvalue weighted by atomic mass is 10.5. The zero-order valence-electron chi connectivity index (χ0n) is 6.93. The van der Waals surface area contributed by atoms with E-state index >= 15 is 0 Å². The first-order valence-electron chi connectivity index (χ1n) is 3.75. The molecule has 1 aliphatic heterocycles. The number of nitro groups is 1. The van der Waals surface area contributed by atoms with Crippen LogP contribution in [0.2, 0.25) is 0 Å². The summed E-state index contributed by atoms with van der Waals surface area (Å²) in [5.74, 6) is 0. The maximum Gasteiger partial charge on any atom is 0.159 e. The van der Waals surface area contributed by atoms with Gasteiger partial charge in [-0.25, -0.2) is 10.1 Å². The molecule has 0 amide bonds. The fourth-order valence-electron chi connectivity index (χ4n) is 0.657. The maximum atomic E-state index is 10.1. The topological polar surface area (TPSA) is 68.1 Å². The molecule has 12 heavy (non-hydrogen) atoms. The van der Waals surface area contributed by atoms with Crippen LogP contribution >= 0.6 is 0 Å². The molecule has 0 aromatic carbocycles. The van der Waals surface area contributed by atoms with Gasteiger partial charge in [0.2, 0.25) is 0 Å². The summed E-state index contributed by atoms with van der Waals surface area (Å²) >= 11 is 0. The van der Waals surface area contributed by atoms with Crippen molar-refractivity contribution >= 4 is 0 Å². The molecule has 0 aromatic heterocycles. The van der Waals surface area contributed by atoms with Crippen molar-refractivity contribution in [2.75, 3.05) is 33.4 Å². The van der Waals surface area contributed by atoms with E-state index in [9.17, 15) is 10.1 Å². The molecule has 70 valence electrons. The second-order valence-corrected chi connectivity index (χ2v) is 2.65. The summed E-state index contributed by atoms with van der Waals surface area (Å²) in [5, 5.41) is 10.6. The predicted molar refractivity (Wildman–Crippen MR) is 40.2 cm³/mol. The second-order valence-electron chi connectivity index (χ2n) is 2.65. The summed E-state index contributed by atoms with van der Waals surface area (Å²) in [6.45, 7) is 1.98. The van der Waals surface area contributed by atoms with Crippen molar-refractivity contribution in [1.82, 2.24) is 5.01 Å². The number of ether oxygens (including phenoxy) is 2. The lowest BCUT2D eigenvalue weighted by Gasteiger charge is -2.07. The van der Waals surface area contributed by atoms with Crippen molar-refractivity contribution in [2.24, 2.45) is 0 Å². The van der Waals surface area contributed by atoms with Gasteiger partial charge in [-0.1, -0.05) is 0 Å². The third-order valence-electron chi connectivity index (χ3n) is 1.54. The minimum absolute atomic E-state index is 0.228. The SMILES string of the molecule is CN(CCOCC1CO1)[N+](=O)[O-]. The van der Waals surface area contributed by atoms with Crippen molar-refractivity contribution < 1.29 is 14.5 Å². The maximum absolute atomic E-state index is 10.1. The van der Waals surface area contributed by atoms with Crippen LogP contribution in [0.4, 0.5) is 0 Å². The standard InChI is InChI=1S/C6H12N2O4/c1-7(8(9)10)2-3-11-4-6-5-12-6/h6H,2-5H2,1H3. The molecule has 0 aromatic rings. The van der Waals surface area contributed by atoms with Crippen LogP contribution in [0.25, 0.3) is 0 Å². The van der Waals surface area contributed by atoms with Gasteiger partial charge in [0.1, 0.15) is 12.6 Å². The third-order valence-corrected chi connectivity index (χ3v) is 1.54. The van der Waals surface area contributed by atoms with Gasteiger partial charge in [-0.3, -0.25) is 0 Å². The first-order chi connectivity index (χ1) is 5.70. The molecule has 0 saturated carbocycles. The molecule has 0 spiro atoms. The van der Waals surface area contributed by atoms with Crippen molar-refractivity contribution in [1.29, 1.82) is 0 Å². The highest BCUT2D eigenvalue weighted by atomic mass is 16.7. The van der Waals surface area contributed by atoms with Gasteiger partial charge in [0, 0.05) is 0 Å². The fourth-order valence-corrected chi connectivity index (χ4v) is 0.657. The van der Waals surface area contributed by atoms with Gasteiger partial charge in [-0.05, 0) is 0 Å². The predicted octanol–water partition coefficient (Wildman–Crippen LogP) is -0.475. The quantitative estimate of drug-likeness (QED) is 0.237. The molecule has 0 N–H and O–H groups in total. The summed E-state index contributed by atoms with van der Waals surface area (Å²) in [6.07, 6.45) is 0.228. The van der Waals surface area contributed by atoms with Crippen molar-refractivity contribution in [3.63, 3.8) is 0 Å². The van der Waals surface area contributed by atoms with Gasteiger partial charge < -0.3 is 9.47 Å². The Balaban J connectivity index is 1.89. The van der Waals surface area contributed by atoms with Gasteiger partial charge in [0.15, 0.2) is 5.03 Å². The summed E-state index contributed by atoms with van der Waals surface area (Å²) < 4.78 is 10.00. The number of hydrogen-bond acceptors (Lipinski definition) is 4. The molecule has 1 rings (SSSR count). The lowest BCUT2D eigenvalue weighted by molar-refractivity contribution is -0.649. The zero-order chi connectivity index (χ0) is 8.97. The van der Waals surface area contributed by atoms with Crippen LogP contribution in [0.1, 0.15) is 0 Å². The van der Waals surface area contributed by atoms with E-state index in [0.717, 1.165) is 11.6 Å². The summed E-state index contributed by atoms with van der Waals surface area (Å²) in [5.41, 5.74) is 0. The molecule has 0 bridgehead atoms. The molecule has 1 atom stereocenters. The van der Waals surface area contributed by atoms with Gasteiger partial charge in [0.05, 0.1) is 26.9 Å². The third kappa shape index (κ3) is 3.49. The van der Waals surface area contributed by atoms with Crippen LogP contribution in [-0.2, 0) is 9.47 Å². The van der Waals surface area contributed by atoms with Crippen LogP contribution in [0, 0.1) is 10.1 Å². The van der Waals surface area contributed by atoms with Crippen molar-refractivity contribution in [3.8, 4) is 0 Å². The summed E-state index contributed by atoms with van der Waals surface area (Å²) in [7, 11) is 1.41. The van der Waals surface area contributed by atoms with Crippen LogP contribution < -0.4 is 0 Å². The van der Waals surface area contributed by atoms with Crippen LogP contribution in [0.5, 0.6) is 0 Å². The average molecular weight is 176 g/mol. The zero-order valence-corrected chi connectivity index (χ0v) is 6.93. The molecule has 1 fully saturated rings. The summed E-state index contributed by atoms with van der Waals surface area (Å²) in [6, 6.07) is 0. The molecule has 1 unspecified atom stereocenters. The summed E-state index contributed by atoms with van der Waals surface area (Å²) in [4.78, 5) is 10.1. The molecule has 6 heteroatoms. The minimum atomic E-state index is -0.461. The van der Waals surface area contributed by atoms with E-state index in [0.29, 0.717) is 19.8 Å². The van der Waals surface area contributed by atoms with E-state index < -0.39 is 5.03 Å². The smallest absolute Gasteiger partial charge is 0.159 e. The average Bonchev–Trinajstić information content (AvgIpc) is 2.80. The van der Waals surface area contributed by atoms with Crippen LogP contribution in [0.15, 0.2) is 0 Å². The monoisotopic (exact) mass is 176 g/mol. The second kappa shape index (κ2) is 4.22. The highest BCUT2D eigenvalue weighted by Gasteiger charge is 2.22. The molecule has 1 heterocycles. The molecule has 1 aliphatic rings. The number of hydrogen-bond donors (Lipinski definition) is 0. The Bertz CT molecular complexity index is 160. The van der Waals surface area contributed by atoms with Gasteiger partial charge in [-0.2, -0.15) is 0 Å². The van der Waals surface area contributed by atoms with Gasteiger partial charge in [-0.15, -0.1) is 5.01 Å². The Morgan fingerprint density at radius 3 is 3.00 bits per heavy atom.